The largest absolute Gasteiger partial charge is 0.368 e. The van der Waals surface area contributed by atoms with Gasteiger partial charge in [0.15, 0.2) is 0 Å². The summed E-state index contributed by atoms with van der Waals surface area (Å²) >= 11 is 5.86. The van der Waals surface area contributed by atoms with Gasteiger partial charge in [-0.15, -0.1) is 0 Å². The van der Waals surface area contributed by atoms with Gasteiger partial charge < -0.3 is 20.4 Å². The lowest BCUT2D eigenvalue weighted by atomic mass is 10.1. The molecule has 1 heterocycles. The molecule has 2 aromatic rings. The molecule has 0 aliphatic carbocycles. The molecule has 1 aliphatic rings. The number of urea groups is 1. The van der Waals surface area contributed by atoms with E-state index in [1.54, 1.807) is 24.3 Å². The highest BCUT2D eigenvalue weighted by Crippen LogP contribution is 2.21. The molecule has 7 heteroatoms. The molecule has 1 fully saturated rings. The van der Waals surface area contributed by atoms with Crippen LogP contribution in [0.15, 0.2) is 48.5 Å². The van der Waals surface area contributed by atoms with Gasteiger partial charge in [-0.3, -0.25) is 4.79 Å². The molecular formula is C25H33ClN4O2. The van der Waals surface area contributed by atoms with Crippen molar-refractivity contribution in [3.05, 3.63) is 53.6 Å². The smallest absolute Gasteiger partial charge is 0.323 e. The number of hydrogen-bond acceptors (Lipinski definition) is 3. The van der Waals surface area contributed by atoms with E-state index in [9.17, 15) is 9.59 Å². The maximum Gasteiger partial charge on any atom is 0.323 e. The molecule has 0 unspecified atom stereocenters. The number of anilines is 3. The first kappa shape index (κ1) is 23.9. The van der Waals surface area contributed by atoms with Gasteiger partial charge >= 0.3 is 6.03 Å². The Bertz CT molecular complexity index is 863. The topological polar surface area (TPSA) is 64.7 Å². The van der Waals surface area contributed by atoms with E-state index in [0.717, 1.165) is 50.4 Å². The number of unbranched alkanes of at least 4 members (excludes halogenated alkanes) is 4. The molecule has 2 aromatic carbocycles. The first-order chi connectivity index (χ1) is 15.5. The van der Waals surface area contributed by atoms with Crippen molar-refractivity contribution in [1.29, 1.82) is 0 Å². The SMILES string of the molecule is CCCCCCCC(=O)N1CCN(c2ccc(NC(=O)Nc3ccc(Cl)cc3)cc2)CC1. The van der Waals surface area contributed by atoms with E-state index in [1.165, 1.54) is 19.3 Å². The number of piperazine rings is 1. The van der Waals surface area contributed by atoms with Crippen molar-refractivity contribution in [3.63, 3.8) is 0 Å². The van der Waals surface area contributed by atoms with Crippen molar-refractivity contribution >= 4 is 40.6 Å². The molecule has 0 aromatic heterocycles. The third-order valence-electron chi connectivity index (χ3n) is 5.72. The molecule has 3 rings (SSSR count). The molecule has 1 aliphatic heterocycles. The Hall–Kier alpha value is -2.73. The van der Waals surface area contributed by atoms with Crippen LogP contribution >= 0.6 is 11.6 Å². The summed E-state index contributed by atoms with van der Waals surface area (Å²) in [6.45, 7) is 5.37. The number of halogens is 1. The lowest BCUT2D eigenvalue weighted by Crippen LogP contribution is -2.48. The van der Waals surface area contributed by atoms with Gasteiger partial charge in [0.05, 0.1) is 0 Å². The Morgan fingerprint density at radius 2 is 1.38 bits per heavy atom. The van der Waals surface area contributed by atoms with E-state index in [-0.39, 0.29) is 11.9 Å². The van der Waals surface area contributed by atoms with Crippen LogP contribution in [0.4, 0.5) is 21.9 Å². The van der Waals surface area contributed by atoms with Gasteiger partial charge in [-0.1, -0.05) is 44.2 Å². The Balaban J connectivity index is 1.41. The van der Waals surface area contributed by atoms with Gasteiger partial charge in [0.1, 0.15) is 0 Å². The monoisotopic (exact) mass is 456 g/mol. The number of hydrogen-bond donors (Lipinski definition) is 2. The van der Waals surface area contributed by atoms with Crippen LogP contribution in [0.1, 0.15) is 45.4 Å². The van der Waals surface area contributed by atoms with Gasteiger partial charge in [0, 0.05) is 54.7 Å². The van der Waals surface area contributed by atoms with E-state index in [1.807, 2.05) is 29.2 Å². The molecule has 2 N–H and O–H groups in total. The fourth-order valence-electron chi connectivity index (χ4n) is 3.83. The molecule has 0 spiro atoms. The average Bonchev–Trinajstić information content (AvgIpc) is 2.81. The highest BCUT2D eigenvalue weighted by Gasteiger charge is 2.20. The van der Waals surface area contributed by atoms with Gasteiger partial charge in [-0.2, -0.15) is 0 Å². The van der Waals surface area contributed by atoms with Crippen molar-refractivity contribution < 1.29 is 9.59 Å². The molecule has 6 nitrogen and oxygen atoms in total. The lowest BCUT2D eigenvalue weighted by molar-refractivity contribution is -0.131. The van der Waals surface area contributed by atoms with Crippen molar-refractivity contribution in [2.24, 2.45) is 0 Å². The third-order valence-corrected chi connectivity index (χ3v) is 5.97. The standard InChI is InChI=1S/C25H33ClN4O2/c1-2-3-4-5-6-7-24(31)30-18-16-29(17-19-30)23-14-12-22(13-15-23)28-25(32)27-21-10-8-20(26)9-11-21/h8-15H,2-7,16-19H2,1H3,(H2,27,28,32). The first-order valence-electron chi connectivity index (χ1n) is 11.5. The fraction of sp³-hybridized carbons (Fsp3) is 0.440. The van der Waals surface area contributed by atoms with Crippen LogP contribution in [0.2, 0.25) is 5.02 Å². The number of nitrogens with zero attached hydrogens (tertiary/aromatic N) is 2. The molecule has 3 amide bonds. The zero-order valence-corrected chi connectivity index (χ0v) is 19.5. The zero-order chi connectivity index (χ0) is 22.8. The minimum absolute atomic E-state index is 0.285. The molecule has 0 atom stereocenters. The maximum absolute atomic E-state index is 12.4. The molecule has 172 valence electrons. The second-order valence-corrected chi connectivity index (χ2v) is 8.60. The highest BCUT2D eigenvalue weighted by atomic mass is 35.5. The summed E-state index contributed by atoms with van der Waals surface area (Å²) in [5.74, 6) is 0.285. The summed E-state index contributed by atoms with van der Waals surface area (Å²) in [6, 6.07) is 14.5. The molecule has 0 radical (unpaired) electrons. The van der Waals surface area contributed by atoms with E-state index in [2.05, 4.69) is 22.5 Å². The van der Waals surface area contributed by atoms with Gasteiger partial charge in [-0.25, -0.2) is 4.79 Å². The average molecular weight is 457 g/mol. The molecule has 1 saturated heterocycles. The summed E-state index contributed by atoms with van der Waals surface area (Å²) in [6.07, 6.45) is 6.53. The number of nitrogens with one attached hydrogen (secondary N) is 2. The fourth-order valence-corrected chi connectivity index (χ4v) is 3.96. The summed E-state index contributed by atoms with van der Waals surface area (Å²) in [5, 5.41) is 6.24. The van der Waals surface area contributed by atoms with Crippen molar-refractivity contribution in [3.8, 4) is 0 Å². The Kier molecular flexibility index (Phi) is 9.23. The first-order valence-corrected chi connectivity index (χ1v) is 11.9. The highest BCUT2D eigenvalue weighted by molar-refractivity contribution is 6.30. The van der Waals surface area contributed by atoms with Gasteiger partial charge in [0.2, 0.25) is 5.91 Å². The number of rotatable bonds is 9. The second kappa shape index (κ2) is 12.3. The van der Waals surface area contributed by atoms with E-state index in [0.29, 0.717) is 17.1 Å². The van der Waals surface area contributed by atoms with Crippen molar-refractivity contribution in [2.45, 2.75) is 45.4 Å². The summed E-state index contributed by atoms with van der Waals surface area (Å²) in [5.41, 5.74) is 2.49. The van der Waals surface area contributed by atoms with Crippen LogP contribution in [0.3, 0.4) is 0 Å². The van der Waals surface area contributed by atoms with Crippen molar-refractivity contribution in [1.82, 2.24) is 4.90 Å². The summed E-state index contributed by atoms with van der Waals surface area (Å²) in [7, 11) is 0. The molecule has 0 saturated carbocycles. The van der Waals surface area contributed by atoms with Crippen LogP contribution in [-0.4, -0.2) is 43.0 Å². The van der Waals surface area contributed by atoms with Crippen LogP contribution in [0, 0.1) is 0 Å². The van der Waals surface area contributed by atoms with Crippen LogP contribution in [-0.2, 0) is 4.79 Å². The molecule has 0 bridgehead atoms. The summed E-state index contributed by atoms with van der Waals surface area (Å²) < 4.78 is 0. The normalized spacial score (nSPS) is 13.7. The number of benzene rings is 2. The second-order valence-electron chi connectivity index (χ2n) is 8.16. The van der Waals surface area contributed by atoms with E-state index >= 15 is 0 Å². The minimum Gasteiger partial charge on any atom is -0.368 e. The van der Waals surface area contributed by atoms with Crippen LogP contribution < -0.4 is 15.5 Å². The summed E-state index contributed by atoms with van der Waals surface area (Å²) in [4.78, 5) is 28.9. The van der Waals surface area contributed by atoms with Crippen molar-refractivity contribution in [2.75, 3.05) is 41.7 Å². The Morgan fingerprint density at radius 1 is 0.812 bits per heavy atom. The van der Waals surface area contributed by atoms with E-state index < -0.39 is 0 Å². The predicted octanol–water partition coefficient (Wildman–Crippen LogP) is 5.99. The number of carbonyl (C=O) groups excluding carboxylic acids is 2. The zero-order valence-electron chi connectivity index (χ0n) is 18.8. The quantitative estimate of drug-likeness (QED) is 0.455. The van der Waals surface area contributed by atoms with E-state index in [4.69, 9.17) is 11.6 Å². The Morgan fingerprint density at radius 3 is 1.97 bits per heavy atom. The third kappa shape index (κ3) is 7.45. The maximum atomic E-state index is 12.4. The molecular weight excluding hydrogens is 424 g/mol. The number of amides is 3. The molecule has 32 heavy (non-hydrogen) atoms. The van der Waals surface area contributed by atoms with Crippen LogP contribution in [0.25, 0.3) is 0 Å². The Labute approximate surface area is 195 Å². The van der Waals surface area contributed by atoms with Gasteiger partial charge in [0.25, 0.3) is 0 Å². The predicted molar refractivity (Wildman–Crippen MR) is 133 cm³/mol. The number of carbonyl (C=O) groups is 2. The minimum atomic E-state index is -0.304. The lowest BCUT2D eigenvalue weighted by Gasteiger charge is -2.36. The van der Waals surface area contributed by atoms with Gasteiger partial charge in [-0.05, 0) is 55.0 Å². The van der Waals surface area contributed by atoms with Crippen LogP contribution in [0.5, 0.6) is 0 Å².